The van der Waals surface area contributed by atoms with Gasteiger partial charge in [0.15, 0.2) is 0 Å². The predicted molar refractivity (Wildman–Crippen MR) is 127 cm³/mol. The second-order valence-corrected chi connectivity index (χ2v) is 8.41. The van der Waals surface area contributed by atoms with E-state index in [4.69, 9.17) is 11.6 Å². The van der Waals surface area contributed by atoms with Gasteiger partial charge in [-0.3, -0.25) is 9.67 Å². The molecule has 0 radical (unpaired) electrons. The standard InChI is InChI=1S/C24H25ClF2N6/c1-4-22(31-21-6-5-19(14-28-21)24(2,26)27)33-9-7-16(8-10-33)23-20(25)11-17(12-29-23)18-13-30-32(3)15-18/h4-7,11-15H,8-10H2,1-3H3,(H,28,31)/b22-4-. The first-order valence-corrected chi connectivity index (χ1v) is 11.0. The summed E-state index contributed by atoms with van der Waals surface area (Å²) in [6, 6.07) is 4.87. The van der Waals surface area contributed by atoms with Crippen LogP contribution in [-0.4, -0.2) is 37.7 Å². The van der Waals surface area contributed by atoms with E-state index in [1.54, 1.807) is 16.9 Å². The summed E-state index contributed by atoms with van der Waals surface area (Å²) in [5.41, 5.74) is 3.67. The molecule has 172 valence electrons. The lowest BCUT2D eigenvalue weighted by molar-refractivity contribution is 0.0171. The number of pyridine rings is 2. The van der Waals surface area contributed by atoms with Gasteiger partial charge >= 0.3 is 0 Å². The highest BCUT2D eigenvalue weighted by molar-refractivity contribution is 6.32. The number of rotatable bonds is 6. The Morgan fingerprint density at radius 3 is 2.55 bits per heavy atom. The van der Waals surface area contributed by atoms with Crippen LogP contribution in [0.3, 0.4) is 0 Å². The fourth-order valence-corrected chi connectivity index (χ4v) is 3.99. The van der Waals surface area contributed by atoms with Crippen LogP contribution < -0.4 is 5.32 Å². The zero-order valence-electron chi connectivity index (χ0n) is 18.7. The molecular formula is C24H25ClF2N6. The first-order valence-electron chi connectivity index (χ1n) is 10.6. The van der Waals surface area contributed by atoms with Crippen LogP contribution >= 0.6 is 11.6 Å². The van der Waals surface area contributed by atoms with Gasteiger partial charge < -0.3 is 10.2 Å². The second-order valence-electron chi connectivity index (χ2n) is 8.00. The molecule has 3 aromatic rings. The number of nitrogens with one attached hydrogen (secondary N) is 1. The molecule has 0 aromatic carbocycles. The highest BCUT2D eigenvalue weighted by Crippen LogP contribution is 2.31. The van der Waals surface area contributed by atoms with Crippen molar-refractivity contribution >= 4 is 23.0 Å². The van der Waals surface area contributed by atoms with Gasteiger partial charge in [0.05, 0.1) is 16.9 Å². The van der Waals surface area contributed by atoms with Crippen molar-refractivity contribution in [1.29, 1.82) is 0 Å². The second kappa shape index (κ2) is 9.31. The lowest BCUT2D eigenvalue weighted by Gasteiger charge is -2.31. The van der Waals surface area contributed by atoms with Gasteiger partial charge in [-0.15, -0.1) is 0 Å². The van der Waals surface area contributed by atoms with E-state index >= 15 is 0 Å². The van der Waals surface area contributed by atoms with Crippen molar-refractivity contribution < 1.29 is 8.78 Å². The van der Waals surface area contributed by atoms with Crippen LogP contribution in [0.25, 0.3) is 16.7 Å². The monoisotopic (exact) mass is 470 g/mol. The van der Waals surface area contributed by atoms with Crippen LogP contribution in [0.15, 0.2) is 61.0 Å². The molecule has 0 atom stereocenters. The molecule has 0 aliphatic carbocycles. The Morgan fingerprint density at radius 1 is 1.18 bits per heavy atom. The number of nitrogens with zero attached hydrogens (tertiary/aromatic N) is 5. The van der Waals surface area contributed by atoms with Gasteiger partial charge in [0.25, 0.3) is 5.92 Å². The molecule has 0 unspecified atom stereocenters. The first-order chi connectivity index (χ1) is 15.7. The van der Waals surface area contributed by atoms with E-state index in [1.165, 1.54) is 12.3 Å². The van der Waals surface area contributed by atoms with Crippen LogP contribution in [0.5, 0.6) is 0 Å². The van der Waals surface area contributed by atoms with Gasteiger partial charge in [-0.25, -0.2) is 13.8 Å². The van der Waals surface area contributed by atoms with Crippen molar-refractivity contribution in [1.82, 2.24) is 24.6 Å². The number of allylic oxidation sites excluding steroid dienone is 1. The average Bonchev–Trinajstić information content (AvgIpc) is 3.24. The van der Waals surface area contributed by atoms with E-state index in [2.05, 4.69) is 31.4 Å². The number of alkyl halides is 2. The molecule has 0 saturated carbocycles. The Balaban J connectivity index is 1.44. The maximum absolute atomic E-state index is 13.4. The van der Waals surface area contributed by atoms with Crippen LogP contribution in [0.4, 0.5) is 14.6 Å². The van der Waals surface area contributed by atoms with E-state index in [-0.39, 0.29) is 5.56 Å². The summed E-state index contributed by atoms with van der Waals surface area (Å²) in [6.07, 6.45) is 11.6. The molecule has 1 aliphatic heterocycles. The summed E-state index contributed by atoms with van der Waals surface area (Å²) in [4.78, 5) is 10.9. The summed E-state index contributed by atoms with van der Waals surface area (Å²) >= 11 is 6.57. The molecule has 4 rings (SSSR count). The molecule has 0 fully saturated rings. The third kappa shape index (κ3) is 5.22. The summed E-state index contributed by atoms with van der Waals surface area (Å²) in [5, 5.41) is 8.02. The van der Waals surface area contributed by atoms with Crippen LogP contribution in [0, 0.1) is 0 Å². The zero-order valence-corrected chi connectivity index (χ0v) is 19.4. The number of aryl methyl sites for hydroxylation is 1. The van der Waals surface area contributed by atoms with Crippen molar-refractivity contribution in [2.45, 2.75) is 26.2 Å². The Kier molecular flexibility index (Phi) is 6.47. The van der Waals surface area contributed by atoms with Crippen molar-refractivity contribution in [3.05, 3.63) is 77.2 Å². The Morgan fingerprint density at radius 2 is 2.00 bits per heavy atom. The van der Waals surface area contributed by atoms with Crippen molar-refractivity contribution in [3.63, 3.8) is 0 Å². The molecule has 0 bridgehead atoms. The topological polar surface area (TPSA) is 58.9 Å². The largest absolute Gasteiger partial charge is 0.354 e. The van der Waals surface area contributed by atoms with E-state index in [0.717, 1.165) is 48.1 Å². The fraction of sp³-hybridized carbons (Fsp3) is 0.292. The normalized spacial score (nSPS) is 14.9. The Labute approximate surface area is 196 Å². The van der Waals surface area contributed by atoms with Gasteiger partial charge in [0, 0.05) is 62.3 Å². The fourth-order valence-electron chi connectivity index (χ4n) is 3.70. The van der Waals surface area contributed by atoms with Crippen LogP contribution in [0.2, 0.25) is 5.02 Å². The minimum Gasteiger partial charge on any atom is -0.354 e. The number of anilines is 1. The highest BCUT2D eigenvalue weighted by Gasteiger charge is 2.24. The van der Waals surface area contributed by atoms with Gasteiger partial charge in [-0.1, -0.05) is 17.7 Å². The van der Waals surface area contributed by atoms with Gasteiger partial charge in [0.1, 0.15) is 11.6 Å². The molecule has 33 heavy (non-hydrogen) atoms. The molecule has 1 N–H and O–H groups in total. The van der Waals surface area contributed by atoms with E-state index in [1.807, 2.05) is 38.5 Å². The molecule has 3 aromatic heterocycles. The molecule has 4 heterocycles. The van der Waals surface area contributed by atoms with Gasteiger partial charge in [0.2, 0.25) is 0 Å². The van der Waals surface area contributed by atoms with Gasteiger partial charge in [-0.2, -0.15) is 5.10 Å². The summed E-state index contributed by atoms with van der Waals surface area (Å²) < 4.78 is 28.6. The lowest BCUT2D eigenvalue weighted by atomic mass is 10.0. The number of hydrogen-bond donors (Lipinski definition) is 1. The smallest absolute Gasteiger partial charge is 0.272 e. The van der Waals surface area contributed by atoms with Gasteiger partial charge in [-0.05, 0) is 43.2 Å². The van der Waals surface area contributed by atoms with Crippen LogP contribution in [0.1, 0.15) is 31.5 Å². The zero-order chi connectivity index (χ0) is 23.6. The molecule has 0 amide bonds. The van der Waals surface area contributed by atoms with E-state index in [9.17, 15) is 8.78 Å². The maximum atomic E-state index is 13.4. The molecule has 0 saturated heterocycles. The summed E-state index contributed by atoms with van der Waals surface area (Å²) in [5.74, 6) is -1.53. The van der Waals surface area contributed by atoms with Crippen LogP contribution in [-0.2, 0) is 13.0 Å². The highest BCUT2D eigenvalue weighted by atomic mass is 35.5. The molecule has 1 aliphatic rings. The first kappa shape index (κ1) is 22.9. The van der Waals surface area contributed by atoms with Crippen molar-refractivity contribution in [2.24, 2.45) is 7.05 Å². The molecular weight excluding hydrogens is 446 g/mol. The Bertz CT molecular complexity index is 1190. The average molecular weight is 471 g/mol. The third-order valence-corrected chi connectivity index (χ3v) is 5.82. The minimum atomic E-state index is -2.91. The summed E-state index contributed by atoms with van der Waals surface area (Å²) in [6.45, 7) is 4.20. The number of halogens is 3. The molecule has 9 heteroatoms. The predicted octanol–water partition coefficient (Wildman–Crippen LogP) is 5.70. The SMILES string of the molecule is C/C=C(/Nc1ccc(C(C)(F)F)cn1)N1CC=C(c2ncc(-c3cnn(C)c3)cc2Cl)CC1. The van der Waals surface area contributed by atoms with E-state index < -0.39 is 5.92 Å². The maximum Gasteiger partial charge on any atom is 0.272 e. The summed E-state index contributed by atoms with van der Waals surface area (Å²) in [7, 11) is 1.87. The third-order valence-electron chi connectivity index (χ3n) is 5.53. The van der Waals surface area contributed by atoms with Crippen molar-refractivity contribution in [3.8, 4) is 11.1 Å². The minimum absolute atomic E-state index is 0.112. The molecule has 0 spiro atoms. The lowest BCUT2D eigenvalue weighted by Crippen LogP contribution is -2.31. The van der Waals surface area contributed by atoms with Crippen molar-refractivity contribution in [2.75, 3.05) is 18.4 Å². The van der Waals surface area contributed by atoms with E-state index in [0.29, 0.717) is 17.4 Å². The number of aromatic nitrogens is 4. The molecule has 6 nitrogen and oxygen atoms in total. The quantitative estimate of drug-likeness (QED) is 0.500. The number of hydrogen-bond acceptors (Lipinski definition) is 5. The Hall–Kier alpha value is -3.26.